The molecule has 1 aromatic carbocycles. The van der Waals surface area contributed by atoms with E-state index in [4.69, 9.17) is 4.74 Å². The highest BCUT2D eigenvalue weighted by atomic mass is 79.9. The number of carbonyl (C=O) groups excluding carboxylic acids is 2. The highest BCUT2D eigenvalue weighted by Gasteiger charge is 2.19. The van der Waals surface area contributed by atoms with Gasteiger partial charge in [-0.05, 0) is 51.3 Å². The van der Waals surface area contributed by atoms with Crippen LogP contribution in [0, 0.1) is 0 Å². The van der Waals surface area contributed by atoms with Crippen LogP contribution in [0.15, 0.2) is 28.7 Å². The van der Waals surface area contributed by atoms with Gasteiger partial charge in [0.05, 0.1) is 6.04 Å². The van der Waals surface area contributed by atoms with Gasteiger partial charge >= 0.3 is 6.09 Å². The molecule has 4 nitrogen and oxygen atoms in total. The maximum Gasteiger partial charge on any atom is 0.408 e. The Hall–Kier alpha value is -1.36. The largest absolute Gasteiger partial charge is 0.444 e. The summed E-state index contributed by atoms with van der Waals surface area (Å²) in [5, 5.41) is 2.57. The molecule has 1 amide bonds. The number of amides is 1. The minimum Gasteiger partial charge on any atom is -0.444 e. The summed E-state index contributed by atoms with van der Waals surface area (Å²) in [6.45, 7) is 5.35. The summed E-state index contributed by atoms with van der Waals surface area (Å²) in [5.74, 6) is 0. The van der Waals surface area contributed by atoms with E-state index in [1.165, 1.54) is 0 Å². The van der Waals surface area contributed by atoms with Crippen LogP contribution in [0.1, 0.15) is 32.8 Å². The average molecular weight is 342 g/mol. The molecule has 0 heterocycles. The summed E-state index contributed by atoms with van der Waals surface area (Å²) in [6, 6.07) is 7.33. The Bertz CT molecular complexity index is 468. The molecule has 5 heteroatoms. The van der Waals surface area contributed by atoms with E-state index in [1.54, 1.807) is 20.8 Å². The number of rotatable bonds is 5. The zero-order chi connectivity index (χ0) is 15.2. The average Bonchev–Trinajstić information content (AvgIpc) is 2.32. The van der Waals surface area contributed by atoms with Gasteiger partial charge in [-0.1, -0.05) is 28.1 Å². The fraction of sp³-hybridized carbons (Fsp3) is 0.467. The molecular formula is C15H20BrNO3. The Balaban J connectivity index is 2.47. The minimum atomic E-state index is -0.568. The van der Waals surface area contributed by atoms with Crippen molar-refractivity contribution in [1.29, 1.82) is 0 Å². The third-order valence-corrected chi connectivity index (χ3v) is 2.99. The van der Waals surface area contributed by atoms with Crippen molar-refractivity contribution < 1.29 is 14.3 Å². The quantitative estimate of drug-likeness (QED) is 0.834. The Labute approximate surface area is 128 Å². The lowest BCUT2D eigenvalue weighted by atomic mass is 10.1. The van der Waals surface area contributed by atoms with Crippen molar-refractivity contribution in [3.63, 3.8) is 0 Å². The van der Waals surface area contributed by atoms with Gasteiger partial charge in [-0.2, -0.15) is 0 Å². The number of hydrogen-bond donors (Lipinski definition) is 1. The molecule has 0 aliphatic heterocycles. The summed E-state index contributed by atoms with van der Waals surface area (Å²) >= 11 is 3.40. The van der Waals surface area contributed by atoms with Crippen LogP contribution in [0.3, 0.4) is 0 Å². The molecule has 0 saturated carbocycles. The van der Waals surface area contributed by atoms with Crippen LogP contribution in [0.2, 0.25) is 0 Å². The van der Waals surface area contributed by atoms with Gasteiger partial charge in [-0.15, -0.1) is 0 Å². The zero-order valence-corrected chi connectivity index (χ0v) is 13.6. The molecule has 110 valence electrons. The number of ether oxygens (including phenoxy) is 1. The zero-order valence-electron chi connectivity index (χ0n) is 12.0. The molecule has 0 saturated heterocycles. The van der Waals surface area contributed by atoms with E-state index in [9.17, 15) is 9.59 Å². The van der Waals surface area contributed by atoms with Gasteiger partial charge in [0, 0.05) is 4.47 Å². The highest BCUT2D eigenvalue weighted by molar-refractivity contribution is 9.10. The first-order valence-corrected chi connectivity index (χ1v) is 7.29. The first-order chi connectivity index (χ1) is 9.30. The molecule has 1 N–H and O–H groups in total. The Morgan fingerprint density at radius 3 is 2.70 bits per heavy atom. The van der Waals surface area contributed by atoms with Crippen LogP contribution in [-0.4, -0.2) is 24.0 Å². The van der Waals surface area contributed by atoms with E-state index in [-0.39, 0.29) is 0 Å². The maximum atomic E-state index is 11.6. The van der Waals surface area contributed by atoms with Gasteiger partial charge in [-0.3, -0.25) is 0 Å². The second-order valence-electron chi connectivity index (χ2n) is 5.56. The lowest BCUT2D eigenvalue weighted by molar-refractivity contribution is -0.109. The molecule has 20 heavy (non-hydrogen) atoms. The molecule has 0 fully saturated rings. The van der Waals surface area contributed by atoms with Crippen LogP contribution in [0.25, 0.3) is 0 Å². The number of aldehydes is 1. The first kappa shape index (κ1) is 16.7. The van der Waals surface area contributed by atoms with Crippen molar-refractivity contribution >= 4 is 28.3 Å². The lowest BCUT2D eigenvalue weighted by Crippen LogP contribution is -2.40. The predicted octanol–water partition coefficient (Wildman–Crippen LogP) is 3.47. The molecule has 0 radical (unpaired) electrons. The molecule has 1 aromatic rings. The highest BCUT2D eigenvalue weighted by Crippen LogP contribution is 2.13. The molecule has 0 aliphatic carbocycles. The summed E-state index contributed by atoms with van der Waals surface area (Å²) in [5.41, 5.74) is 0.541. The van der Waals surface area contributed by atoms with E-state index in [0.717, 1.165) is 16.3 Å². The van der Waals surface area contributed by atoms with Crippen molar-refractivity contribution in [2.45, 2.75) is 45.3 Å². The Morgan fingerprint density at radius 2 is 2.15 bits per heavy atom. The SMILES string of the molecule is CC(C)(C)OC(=O)NC(C=O)CCc1cccc(Br)c1. The van der Waals surface area contributed by atoms with Crippen LogP contribution in [-0.2, 0) is 16.0 Å². The van der Waals surface area contributed by atoms with Crippen molar-refractivity contribution in [3.05, 3.63) is 34.3 Å². The van der Waals surface area contributed by atoms with Gasteiger partial charge < -0.3 is 14.8 Å². The van der Waals surface area contributed by atoms with E-state index in [1.807, 2.05) is 24.3 Å². The molecular weight excluding hydrogens is 322 g/mol. The molecule has 0 aromatic heterocycles. The minimum absolute atomic E-state index is 0.538. The van der Waals surface area contributed by atoms with Crippen molar-refractivity contribution in [1.82, 2.24) is 5.32 Å². The maximum absolute atomic E-state index is 11.6. The van der Waals surface area contributed by atoms with Crippen LogP contribution < -0.4 is 5.32 Å². The second-order valence-corrected chi connectivity index (χ2v) is 6.47. The number of halogens is 1. The van der Waals surface area contributed by atoms with Crippen LogP contribution >= 0.6 is 15.9 Å². The van der Waals surface area contributed by atoms with Crippen LogP contribution in [0.4, 0.5) is 4.79 Å². The molecule has 1 rings (SSSR count). The summed E-state index contributed by atoms with van der Waals surface area (Å²) in [7, 11) is 0. The standard InChI is InChI=1S/C15H20BrNO3/c1-15(2,3)20-14(19)17-13(10-18)8-7-11-5-4-6-12(16)9-11/h4-6,9-10,13H,7-8H2,1-3H3,(H,17,19). The number of nitrogens with one attached hydrogen (secondary N) is 1. The van der Waals surface area contributed by atoms with Gasteiger partial charge in [0.2, 0.25) is 0 Å². The van der Waals surface area contributed by atoms with E-state index in [0.29, 0.717) is 12.8 Å². The number of alkyl carbamates (subject to hydrolysis) is 1. The summed E-state index contributed by atoms with van der Waals surface area (Å²) in [4.78, 5) is 22.6. The third-order valence-electron chi connectivity index (χ3n) is 2.50. The first-order valence-electron chi connectivity index (χ1n) is 6.49. The fourth-order valence-corrected chi connectivity index (χ4v) is 2.09. The molecule has 0 bridgehead atoms. The molecule has 0 aliphatic rings. The van der Waals surface area contributed by atoms with Crippen molar-refractivity contribution in [2.24, 2.45) is 0 Å². The van der Waals surface area contributed by atoms with E-state index < -0.39 is 17.7 Å². The van der Waals surface area contributed by atoms with Crippen molar-refractivity contribution in [3.8, 4) is 0 Å². The Kier molecular flexibility index (Phi) is 6.20. The monoisotopic (exact) mass is 341 g/mol. The number of benzene rings is 1. The van der Waals surface area contributed by atoms with Crippen molar-refractivity contribution in [2.75, 3.05) is 0 Å². The normalized spacial score (nSPS) is 12.6. The molecule has 0 spiro atoms. The van der Waals surface area contributed by atoms with E-state index >= 15 is 0 Å². The second kappa shape index (κ2) is 7.43. The molecule has 1 atom stereocenters. The number of hydrogen-bond acceptors (Lipinski definition) is 3. The van der Waals surface area contributed by atoms with Crippen LogP contribution in [0.5, 0.6) is 0 Å². The predicted molar refractivity (Wildman–Crippen MR) is 81.7 cm³/mol. The van der Waals surface area contributed by atoms with Gasteiger partial charge in [0.15, 0.2) is 0 Å². The summed E-state index contributed by atoms with van der Waals surface area (Å²) in [6.07, 6.45) is 1.42. The smallest absolute Gasteiger partial charge is 0.408 e. The molecule has 1 unspecified atom stereocenters. The lowest BCUT2D eigenvalue weighted by Gasteiger charge is -2.21. The third kappa shape index (κ3) is 6.70. The van der Waals surface area contributed by atoms with Gasteiger partial charge in [-0.25, -0.2) is 4.79 Å². The summed E-state index contributed by atoms with van der Waals surface area (Å²) < 4.78 is 6.12. The topological polar surface area (TPSA) is 55.4 Å². The number of carbonyl (C=O) groups is 2. The fourth-order valence-electron chi connectivity index (χ4n) is 1.65. The van der Waals surface area contributed by atoms with Gasteiger partial charge in [0.1, 0.15) is 11.9 Å². The van der Waals surface area contributed by atoms with E-state index in [2.05, 4.69) is 21.2 Å². The number of aryl methyl sites for hydroxylation is 1. The van der Waals surface area contributed by atoms with Gasteiger partial charge in [0.25, 0.3) is 0 Å². The Morgan fingerprint density at radius 1 is 1.45 bits per heavy atom.